The number of benzene rings is 7. The lowest BCUT2D eigenvalue weighted by Gasteiger charge is -2.24. The number of fused-ring (bicyclic) bond motifs is 6. The molecule has 0 atom stereocenters. The Morgan fingerprint density at radius 3 is 1.63 bits per heavy atom. The van der Waals surface area contributed by atoms with Gasteiger partial charge in [0.25, 0.3) is 0 Å². The molecule has 0 saturated heterocycles. The standard InChI is InChI=1S/C49H34N2O/c1-4-13-33(14-5-1)46-29-39(30-47(50-46)34-15-6-2-7-16-34)35-23-25-37-31-51(40-17-8-3-9-18-40)32-38-26-24-36(28-45(38)44(37)27-35)41-20-12-21-43-42-19-10-11-22-48(42)52-49(41)43/h1-30H,31-32H2. The summed E-state index contributed by atoms with van der Waals surface area (Å²) in [4.78, 5) is 7.64. The minimum absolute atomic E-state index is 0.809. The van der Waals surface area contributed by atoms with Gasteiger partial charge in [-0.3, -0.25) is 0 Å². The highest BCUT2D eigenvalue weighted by Gasteiger charge is 2.23. The van der Waals surface area contributed by atoms with Crippen LogP contribution in [0.25, 0.3) is 77.8 Å². The van der Waals surface area contributed by atoms with Crippen LogP contribution in [0.1, 0.15) is 11.1 Å². The van der Waals surface area contributed by atoms with Crippen LogP contribution in [-0.2, 0) is 13.1 Å². The molecule has 52 heavy (non-hydrogen) atoms. The molecule has 10 rings (SSSR count). The predicted octanol–water partition coefficient (Wildman–Crippen LogP) is 12.8. The number of aromatic nitrogens is 1. The van der Waals surface area contributed by atoms with Gasteiger partial charge in [0, 0.05) is 46.2 Å². The van der Waals surface area contributed by atoms with Crippen LogP contribution < -0.4 is 4.90 Å². The third-order valence-electron chi connectivity index (χ3n) is 10.4. The van der Waals surface area contributed by atoms with Crippen LogP contribution in [0.4, 0.5) is 5.69 Å². The van der Waals surface area contributed by atoms with Crippen LogP contribution in [-0.4, -0.2) is 4.98 Å². The van der Waals surface area contributed by atoms with Crippen LogP contribution in [0, 0.1) is 0 Å². The Kier molecular flexibility index (Phi) is 7.28. The van der Waals surface area contributed by atoms with E-state index in [1.807, 2.05) is 6.07 Å². The number of rotatable bonds is 5. The maximum absolute atomic E-state index is 6.51. The van der Waals surface area contributed by atoms with E-state index >= 15 is 0 Å². The largest absolute Gasteiger partial charge is 0.455 e. The number of hydrogen-bond donors (Lipinski definition) is 0. The molecule has 0 fully saturated rings. The second kappa shape index (κ2) is 12.6. The monoisotopic (exact) mass is 666 g/mol. The molecular formula is C49H34N2O. The molecule has 9 aromatic rings. The van der Waals surface area contributed by atoms with Crippen LogP contribution in [0.15, 0.2) is 186 Å². The summed E-state index contributed by atoms with van der Waals surface area (Å²) in [6.07, 6.45) is 0. The van der Waals surface area contributed by atoms with E-state index in [2.05, 4.69) is 181 Å². The van der Waals surface area contributed by atoms with Gasteiger partial charge < -0.3 is 9.32 Å². The Balaban J connectivity index is 1.16. The summed E-state index contributed by atoms with van der Waals surface area (Å²) in [7, 11) is 0. The molecule has 246 valence electrons. The number of hydrogen-bond acceptors (Lipinski definition) is 3. The smallest absolute Gasteiger partial charge is 0.143 e. The molecule has 0 bridgehead atoms. The van der Waals surface area contributed by atoms with Gasteiger partial charge in [-0.2, -0.15) is 0 Å². The van der Waals surface area contributed by atoms with Gasteiger partial charge in [0.1, 0.15) is 11.2 Å². The Morgan fingerprint density at radius 2 is 0.962 bits per heavy atom. The predicted molar refractivity (Wildman–Crippen MR) is 215 cm³/mol. The van der Waals surface area contributed by atoms with E-state index in [4.69, 9.17) is 9.40 Å². The van der Waals surface area contributed by atoms with E-state index < -0.39 is 0 Å². The first-order valence-corrected chi connectivity index (χ1v) is 17.9. The van der Waals surface area contributed by atoms with Crippen molar-refractivity contribution in [2.75, 3.05) is 4.90 Å². The minimum atomic E-state index is 0.809. The molecule has 3 heterocycles. The average molecular weight is 667 g/mol. The van der Waals surface area contributed by atoms with E-state index in [-0.39, 0.29) is 0 Å². The summed E-state index contributed by atoms with van der Waals surface area (Å²) in [5, 5.41) is 2.28. The van der Waals surface area contributed by atoms with Crippen molar-refractivity contribution >= 4 is 27.6 Å². The molecule has 0 N–H and O–H groups in total. The van der Waals surface area contributed by atoms with Crippen molar-refractivity contribution in [2.24, 2.45) is 0 Å². The van der Waals surface area contributed by atoms with Crippen LogP contribution >= 0.6 is 0 Å². The molecule has 3 heteroatoms. The van der Waals surface area contributed by atoms with Crippen molar-refractivity contribution in [1.29, 1.82) is 0 Å². The van der Waals surface area contributed by atoms with Gasteiger partial charge in [0.05, 0.1) is 11.4 Å². The van der Waals surface area contributed by atoms with E-state index in [0.29, 0.717) is 0 Å². The van der Waals surface area contributed by atoms with Gasteiger partial charge in [-0.05, 0) is 81.4 Å². The first-order chi connectivity index (χ1) is 25.7. The molecule has 0 saturated carbocycles. The van der Waals surface area contributed by atoms with Crippen LogP contribution in [0.3, 0.4) is 0 Å². The lowest BCUT2D eigenvalue weighted by molar-refractivity contribution is 0.670. The third-order valence-corrected chi connectivity index (χ3v) is 10.4. The lowest BCUT2D eigenvalue weighted by atomic mass is 9.90. The summed E-state index contributed by atoms with van der Waals surface area (Å²) >= 11 is 0. The first kappa shape index (κ1) is 30.1. The maximum atomic E-state index is 6.51. The fourth-order valence-corrected chi connectivity index (χ4v) is 7.75. The topological polar surface area (TPSA) is 29.3 Å². The number of pyridine rings is 1. The molecule has 1 aliphatic rings. The Labute approximate surface area is 303 Å². The highest BCUT2D eigenvalue weighted by atomic mass is 16.3. The number of nitrogens with zero attached hydrogens (tertiary/aromatic N) is 2. The highest BCUT2D eigenvalue weighted by Crippen LogP contribution is 2.42. The van der Waals surface area contributed by atoms with E-state index in [1.54, 1.807) is 0 Å². The van der Waals surface area contributed by atoms with Crippen molar-refractivity contribution in [3.63, 3.8) is 0 Å². The van der Waals surface area contributed by atoms with Crippen molar-refractivity contribution in [3.05, 3.63) is 193 Å². The summed E-state index contributed by atoms with van der Waals surface area (Å²) < 4.78 is 6.51. The van der Waals surface area contributed by atoms with Gasteiger partial charge in [0.2, 0.25) is 0 Å². The van der Waals surface area contributed by atoms with Crippen molar-refractivity contribution in [2.45, 2.75) is 13.1 Å². The maximum Gasteiger partial charge on any atom is 0.143 e. The fraction of sp³-hybridized carbons (Fsp3) is 0.0408. The zero-order valence-corrected chi connectivity index (χ0v) is 28.5. The zero-order chi connectivity index (χ0) is 34.4. The molecule has 0 radical (unpaired) electrons. The highest BCUT2D eigenvalue weighted by molar-refractivity contribution is 6.09. The number of furan rings is 1. The lowest BCUT2D eigenvalue weighted by Crippen LogP contribution is -2.20. The van der Waals surface area contributed by atoms with Crippen LogP contribution in [0.2, 0.25) is 0 Å². The van der Waals surface area contributed by atoms with Crippen molar-refractivity contribution in [1.82, 2.24) is 4.98 Å². The van der Waals surface area contributed by atoms with Gasteiger partial charge in [-0.15, -0.1) is 0 Å². The van der Waals surface area contributed by atoms with E-state index in [1.165, 1.54) is 33.5 Å². The summed E-state index contributed by atoms with van der Waals surface area (Å²) in [5.41, 5.74) is 16.8. The molecule has 2 aromatic heterocycles. The summed E-state index contributed by atoms with van der Waals surface area (Å²) in [6.45, 7) is 1.62. The molecule has 3 nitrogen and oxygen atoms in total. The van der Waals surface area contributed by atoms with Crippen molar-refractivity contribution < 1.29 is 4.42 Å². The van der Waals surface area contributed by atoms with Gasteiger partial charge in [-0.25, -0.2) is 4.98 Å². The fourth-order valence-electron chi connectivity index (χ4n) is 7.75. The summed E-state index contributed by atoms with van der Waals surface area (Å²) in [6, 6.07) is 64.9. The van der Waals surface area contributed by atoms with Gasteiger partial charge in [-0.1, -0.05) is 140 Å². The Bertz CT molecular complexity index is 2670. The van der Waals surface area contributed by atoms with Crippen LogP contribution in [0.5, 0.6) is 0 Å². The Hall–Kier alpha value is -6.71. The molecule has 0 unspecified atom stereocenters. The third kappa shape index (κ3) is 5.35. The molecule has 0 amide bonds. The molecule has 7 aromatic carbocycles. The molecule has 0 aliphatic carbocycles. The minimum Gasteiger partial charge on any atom is -0.455 e. The van der Waals surface area contributed by atoms with Crippen molar-refractivity contribution in [3.8, 4) is 55.9 Å². The number of anilines is 1. The number of para-hydroxylation sites is 3. The van der Waals surface area contributed by atoms with E-state index in [0.717, 1.165) is 74.2 Å². The average Bonchev–Trinajstić information content (AvgIpc) is 3.52. The molecule has 0 spiro atoms. The van der Waals surface area contributed by atoms with E-state index in [9.17, 15) is 0 Å². The second-order valence-electron chi connectivity index (χ2n) is 13.6. The SMILES string of the molecule is c1ccc(-c2cc(-c3ccc4c(c3)-c3cc(-c5cccc6c5oc5ccccc56)ccc3CN(c3ccccc3)C4)cc(-c3ccccc3)n2)cc1. The molecular weight excluding hydrogens is 633 g/mol. The second-order valence-corrected chi connectivity index (χ2v) is 13.6. The normalized spacial score (nSPS) is 12.4. The summed E-state index contributed by atoms with van der Waals surface area (Å²) in [5.74, 6) is 0. The van der Waals surface area contributed by atoms with Gasteiger partial charge in [0.15, 0.2) is 0 Å². The zero-order valence-electron chi connectivity index (χ0n) is 28.5. The first-order valence-electron chi connectivity index (χ1n) is 17.9. The molecule has 1 aliphatic heterocycles. The Morgan fingerprint density at radius 1 is 0.404 bits per heavy atom. The quantitative estimate of drug-likeness (QED) is 0.183. The van der Waals surface area contributed by atoms with Gasteiger partial charge >= 0.3 is 0 Å².